The van der Waals surface area contributed by atoms with E-state index in [1.807, 2.05) is 6.07 Å². The second-order valence-electron chi connectivity index (χ2n) is 5.28. The van der Waals surface area contributed by atoms with Gasteiger partial charge in [0, 0.05) is 12.7 Å². The van der Waals surface area contributed by atoms with Gasteiger partial charge in [0.25, 0.3) is 0 Å². The van der Waals surface area contributed by atoms with Crippen molar-refractivity contribution in [1.82, 2.24) is 4.98 Å². The number of nitrogens with one attached hydrogen (secondary N) is 1. The van der Waals surface area contributed by atoms with Crippen LogP contribution in [-0.2, 0) is 0 Å². The van der Waals surface area contributed by atoms with Gasteiger partial charge in [-0.05, 0) is 53.6 Å². The predicted octanol–water partition coefficient (Wildman–Crippen LogP) is 3.82. The first-order valence-electron chi connectivity index (χ1n) is 6.34. The maximum Gasteiger partial charge on any atom is 0.140 e. The summed E-state index contributed by atoms with van der Waals surface area (Å²) in [4.78, 5) is 4.34. The lowest BCUT2D eigenvalue weighted by molar-refractivity contribution is 0.271. The molecule has 0 spiro atoms. The molecule has 0 aromatic carbocycles. The number of pyridine rings is 1. The summed E-state index contributed by atoms with van der Waals surface area (Å²) >= 11 is 9.39. The molecule has 0 radical (unpaired) electrons. The van der Waals surface area contributed by atoms with E-state index >= 15 is 0 Å². The van der Waals surface area contributed by atoms with Gasteiger partial charge in [0.2, 0.25) is 0 Å². The molecular formula is C13H19BrClN3. The molecule has 3 nitrogen and oxygen atoms in total. The van der Waals surface area contributed by atoms with Crippen LogP contribution in [-0.4, -0.2) is 17.1 Å². The summed E-state index contributed by atoms with van der Waals surface area (Å²) < 4.78 is 0.890. The first-order chi connectivity index (χ1) is 8.54. The number of aromatic nitrogens is 1. The number of hydrogen-bond acceptors (Lipinski definition) is 3. The normalized spacial score (nSPS) is 28.1. The highest BCUT2D eigenvalue weighted by molar-refractivity contribution is 9.10. The van der Waals surface area contributed by atoms with Crippen LogP contribution in [0.4, 0.5) is 5.82 Å². The molecule has 1 fully saturated rings. The third-order valence-electron chi connectivity index (χ3n) is 3.81. The zero-order valence-electron chi connectivity index (χ0n) is 10.5. The quantitative estimate of drug-likeness (QED) is 0.884. The molecule has 2 rings (SSSR count). The van der Waals surface area contributed by atoms with Gasteiger partial charge in [0.05, 0.1) is 15.0 Å². The van der Waals surface area contributed by atoms with Gasteiger partial charge in [0.1, 0.15) is 5.82 Å². The van der Waals surface area contributed by atoms with Crippen LogP contribution in [0.1, 0.15) is 32.6 Å². The second kappa shape index (κ2) is 5.76. The molecule has 1 aliphatic carbocycles. The minimum absolute atomic E-state index is 0.0180. The number of nitrogens with zero attached hydrogens (tertiary/aromatic N) is 1. The van der Waals surface area contributed by atoms with Crippen LogP contribution < -0.4 is 11.1 Å². The van der Waals surface area contributed by atoms with Crippen molar-refractivity contribution in [2.24, 2.45) is 11.7 Å². The van der Waals surface area contributed by atoms with E-state index in [0.717, 1.165) is 29.1 Å². The van der Waals surface area contributed by atoms with Gasteiger partial charge in [-0.25, -0.2) is 4.98 Å². The summed E-state index contributed by atoms with van der Waals surface area (Å²) in [6.45, 7) is 2.94. The van der Waals surface area contributed by atoms with Crippen LogP contribution in [0.2, 0.25) is 5.02 Å². The van der Waals surface area contributed by atoms with E-state index in [2.05, 4.69) is 33.2 Å². The topological polar surface area (TPSA) is 50.9 Å². The lowest BCUT2D eigenvalue weighted by atomic mass is 9.77. The first kappa shape index (κ1) is 14.1. The molecule has 0 saturated heterocycles. The Morgan fingerprint density at radius 2 is 2.22 bits per heavy atom. The fraction of sp³-hybridized carbons (Fsp3) is 0.615. The van der Waals surface area contributed by atoms with Crippen molar-refractivity contribution in [2.45, 2.75) is 38.1 Å². The molecule has 100 valence electrons. The maximum absolute atomic E-state index is 5.98. The van der Waals surface area contributed by atoms with E-state index in [4.69, 9.17) is 17.3 Å². The van der Waals surface area contributed by atoms with Crippen molar-refractivity contribution >= 4 is 33.3 Å². The molecule has 0 amide bonds. The predicted molar refractivity (Wildman–Crippen MR) is 80.0 cm³/mol. The van der Waals surface area contributed by atoms with Gasteiger partial charge < -0.3 is 11.1 Å². The van der Waals surface area contributed by atoms with Gasteiger partial charge in [-0.15, -0.1) is 0 Å². The summed E-state index contributed by atoms with van der Waals surface area (Å²) in [6.07, 6.45) is 6.29. The Morgan fingerprint density at radius 1 is 1.56 bits per heavy atom. The van der Waals surface area contributed by atoms with Crippen LogP contribution in [0.25, 0.3) is 0 Å². The number of hydrogen-bond donors (Lipinski definition) is 2. The molecule has 1 saturated carbocycles. The number of halogens is 2. The molecule has 1 aromatic heterocycles. The average molecular weight is 333 g/mol. The summed E-state index contributed by atoms with van der Waals surface area (Å²) in [5.41, 5.74) is 5.96. The highest BCUT2D eigenvalue weighted by atomic mass is 79.9. The zero-order chi connectivity index (χ0) is 13.2. The molecule has 0 unspecified atom stereocenters. The number of nitrogens with two attached hydrogens (primary N) is 1. The van der Waals surface area contributed by atoms with Crippen molar-refractivity contribution < 1.29 is 0 Å². The Balaban J connectivity index is 2.15. The standard InChI is InChI=1S/C13H19BrClN3/c1-9-2-4-13(8-16,5-3-9)18-12-11(14)6-10(15)7-17-12/h6-7,9H,2-5,8,16H2,1H3,(H,17,18). The largest absolute Gasteiger partial charge is 0.362 e. The van der Waals surface area contributed by atoms with E-state index in [-0.39, 0.29) is 5.54 Å². The molecule has 0 bridgehead atoms. The number of anilines is 1. The molecule has 18 heavy (non-hydrogen) atoms. The van der Waals surface area contributed by atoms with Crippen molar-refractivity contribution in [3.63, 3.8) is 0 Å². The molecule has 1 aromatic rings. The Labute approximate surface area is 122 Å². The monoisotopic (exact) mass is 331 g/mol. The Hall–Kier alpha value is -0.320. The fourth-order valence-corrected chi connectivity index (χ4v) is 3.19. The SMILES string of the molecule is CC1CCC(CN)(Nc2ncc(Cl)cc2Br)CC1. The maximum atomic E-state index is 5.98. The van der Waals surface area contributed by atoms with Crippen LogP contribution in [0.15, 0.2) is 16.7 Å². The lowest BCUT2D eigenvalue weighted by Gasteiger charge is -2.40. The minimum Gasteiger partial charge on any atom is -0.362 e. The highest BCUT2D eigenvalue weighted by Gasteiger charge is 2.33. The summed E-state index contributed by atoms with van der Waals surface area (Å²) in [5.74, 6) is 1.63. The first-order valence-corrected chi connectivity index (χ1v) is 7.51. The van der Waals surface area contributed by atoms with Crippen LogP contribution in [0, 0.1) is 5.92 Å². The summed E-state index contributed by atoms with van der Waals surface area (Å²) in [7, 11) is 0. The lowest BCUT2D eigenvalue weighted by Crippen LogP contribution is -2.48. The zero-order valence-corrected chi connectivity index (χ0v) is 12.9. The molecule has 3 N–H and O–H groups in total. The van der Waals surface area contributed by atoms with E-state index in [0.29, 0.717) is 11.6 Å². The van der Waals surface area contributed by atoms with E-state index in [9.17, 15) is 0 Å². The Morgan fingerprint density at radius 3 is 2.78 bits per heavy atom. The van der Waals surface area contributed by atoms with Gasteiger partial charge >= 0.3 is 0 Å². The summed E-state index contributed by atoms with van der Waals surface area (Å²) in [5, 5.41) is 4.15. The van der Waals surface area contributed by atoms with Crippen molar-refractivity contribution in [1.29, 1.82) is 0 Å². The van der Waals surface area contributed by atoms with E-state index < -0.39 is 0 Å². The van der Waals surface area contributed by atoms with Crippen LogP contribution in [0.5, 0.6) is 0 Å². The van der Waals surface area contributed by atoms with E-state index in [1.165, 1.54) is 12.8 Å². The average Bonchev–Trinajstić information content (AvgIpc) is 2.36. The summed E-state index contributed by atoms with van der Waals surface area (Å²) in [6, 6.07) is 1.85. The third-order valence-corrected chi connectivity index (χ3v) is 4.62. The highest BCUT2D eigenvalue weighted by Crippen LogP contribution is 2.35. The second-order valence-corrected chi connectivity index (χ2v) is 6.57. The van der Waals surface area contributed by atoms with Crippen molar-refractivity contribution in [2.75, 3.05) is 11.9 Å². The fourth-order valence-electron chi connectivity index (χ4n) is 2.45. The van der Waals surface area contributed by atoms with Crippen molar-refractivity contribution in [3.8, 4) is 0 Å². The van der Waals surface area contributed by atoms with Crippen LogP contribution in [0.3, 0.4) is 0 Å². The minimum atomic E-state index is -0.0180. The Bertz CT molecular complexity index is 417. The number of rotatable bonds is 3. The molecule has 1 aliphatic rings. The molecule has 1 heterocycles. The van der Waals surface area contributed by atoms with Crippen molar-refractivity contribution in [3.05, 3.63) is 21.8 Å². The van der Waals surface area contributed by atoms with Gasteiger partial charge in [-0.1, -0.05) is 18.5 Å². The smallest absolute Gasteiger partial charge is 0.140 e. The van der Waals surface area contributed by atoms with Gasteiger partial charge in [-0.3, -0.25) is 0 Å². The Kier molecular flexibility index (Phi) is 4.51. The third kappa shape index (κ3) is 3.16. The molecule has 0 atom stereocenters. The molecular weight excluding hydrogens is 314 g/mol. The van der Waals surface area contributed by atoms with Gasteiger partial charge in [0.15, 0.2) is 0 Å². The van der Waals surface area contributed by atoms with Crippen LogP contribution >= 0.6 is 27.5 Å². The van der Waals surface area contributed by atoms with Gasteiger partial charge in [-0.2, -0.15) is 0 Å². The molecule has 5 heteroatoms. The van der Waals surface area contributed by atoms with E-state index in [1.54, 1.807) is 6.20 Å². The molecule has 0 aliphatic heterocycles.